The smallest absolute Gasteiger partial charge is 0.220 e. The van der Waals surface area contributed by atoms with Crippen LogP contribution in [0.5, 0.6) is 0 Å². The topological polar surface area (TPSA) is 45.2 Å². The lowest BCUT2D eigenvalue weighted by Crippen LogP contribution is -2.46. The second-order valence-electron chi connectivity index (χ2n) is 8.01. The molecule has 0 saturated carbocycles. The fourth-order valence-corrected chi connectivity index (χ4v) is 4.85. The van der Waals surface area contributed by atoms with Gasteiger partial charge in [0.2, 0.25) is 5.91 Å². The van der Waals surface area contributed by atoms with Crippen LogP contribution in [-0.4, -0.2) is 23.5 Å². The van der Waals surface area contributed by atoms with Crippen molar-refractivity contribution in [2.45, 2.75) is 37.8 Å². The molecule has 0 bridgehead atoms. The first kappa shape index (κ1) is 22.9. The van der Waals surface area contributed by atoms with Crippen molar-refractivity contribution in [3.05, 3.63) is 93.2 Å². The first-order chi connectivity index (χ1) is 15.5. The molecule has 3 aromatic rings. The number of benzene rings is 2. The van der Waals surface area contributed by atoms with Crippen LogP contribution in [0.1, 0.15) is 36.4 Å². The fourth-order valence-electron chi connectivity index (χ4n) is 4.20. The highest BCUT2D eigenvalue weighted by molar-refractivity contribution is 6.36. The average molecular weight is 489 g/mol. The number of carbonyl (C=O) groups is 1. The van der Waals surface area contributed by atoms with Crippen LogP contribution in [0.25, 0.3) is 0 Å². The molecule has 32 heavy (non-hydrogen) atoms. The monoisotopic (exact) mass is 487 g/mol. The SMILES string of the molecule is O=C(CCc1cccnc1)NC1CCN(c2ccc(Cl)cc2Cl)C(c2ccc(Cl)cc2)C1. The maximum atomic E-state index is 12.6. The molecule has 2 aromatic carbocycles. The summed E-state index contributed by atoms with van der Waals surface area (Å²) in [5.74, 6) is 0.0617. The number of carbonyl (C=O) groups excluding carboxylic acids is 1. The van der Waals surface area contributed by atoms with Crippen molar-refractivity contribution in [2.75, 3.05) is 11.4 Å². The molecule has 1 aliphatic heterocycles. The predicted molar refractivity (Wildman–Crippen MR) is 132 cm³/mol. The Kier molecular flexibility index (Phi) is 7.56. The molecule has 1 fully saturated rings. The third-order valence-corrected chi connectivity index (χ3v) is 6.59. The van der Waals surface area contributed by atoms with Gasteiger partial charge in [0.25, 0.3) is 0 Å². The van der Waals surface area contributed by atoms with E-state index in [9.17, 15) is 4.79 Å². The molecule has 166 valence electrons. The Morgan fingerprint density at radius 2 is 1.84 bits per heavy atom. The number of aryl methyl sites for hydroxylation is 1. The second kappa shape index (κ2) is 10.6. The van der Waals surface area contributed by atoms with Crippen molar-refractivity contribution in [3.8, 4) is 0 Å². The zero-order valence-corrected chi connectivity index (χ0v) is 19.7. The molecule has 1 N–H and O–H groups in total. The number of rotatable bonds is 6. The van der Waals surface area contributed by atoms with Crippen LogP contribution >= 0.6 is 34.8 Å². The maximum absolute atomic E-state index is 12.6. The summed E-state index contributed by atoms with van der Waals surface area (Å²) in [6.07, 6.45) is 6.28. The highest BCUT2D eigenvalue weighted by Crippen LogP contribution is 2.39. The van der Waals surface area contributed by atoms with Gasteiger partial charge in [0.1, 0.15) is 0 Å². The molecule has 0 spiro atoms. The summed E-state index contributed by atoms with van der Waals surface area (Å²) in [7, 11) is 0. The van der Waals surface area contributed by atoms with Crippen LogP contribution in [0.15, 0.2) is 67.0 Å². The van der Waals surface area contributed by atoms with Crippen LogP contribution < -0.4 is 10.2 Å². The summed E-state index contributed by atoms with van der Waals surface area (Å²) in [5, 5.41) is 5.15. The number of piperidine rings is 1. The van der Waals surface area contributed by atoms with E-state index in [1.54, 1.807) is 18.5 Å². The molecule has 1 amide bonds. The zero-order chi connectivity index (χ0) is 22.5. The van der Waals surface area contributed by atoms with Crippen molar-refractivity contribution >= 4 is 46.4 Å². The van der Waals surface area contributed by atoms with Gasteiger partial charge in [0, 0.05) is 41.4 Å². The molecule has 2 atom stereocenters. The molecule has 1 saturated heterocycles. The fraction of sp³-hybridized carbons (Fsp3) is 0.280. The Morgan fingerprint density at radius 3 is 2.56 bits per heavy atom. The zero-order valence-electron chi connectivity index (χ0n) is 17.5. The second-order valence-corrected chi connectivity index (χ2v) is 9.29. The minimum Gasteiger partial charge on any atom is -0.363 e. The van der Waals surface area contributed by atoms with Crippen LogP contribution in [0, 0.1) is 0 Å². The summed E-state index contributed by atoms with van der Waals surface area (Å²) in [5.41, 5.74) is 3.14. The average Bonchev–Trinajstić information content (AvgIpc) is 2.79. The molecule has 0 aliphatic carbocycles. The quantitative estimate of drug-likeness (QED) is 0.431. The number of nitrogens with zero attached hydrogens (tertiary/aromatic N) is 2. The van der Waals surface area contributed by atoms with Crippen LogP contribution in [-0.2, 0) is 11.2 Å². The van der Waals surface area contributed by atoms with E-state index in [4.69, 9.17) is 34.8 Å². The van der Waals surface area contributed by atoms with Crippen molar-refractivity contribution in [3.63, 3.8) is 0 Å². The van der Waals surface area contributed by atoms with Gasteiger partial charge >= 0.3 is 0 Å². The summed E-state index contributed by atoms with van der Waals surface area (Å²) in [4.78, 5) is 19.0. The Bertz CT molecular complexity index is 1060. The van der Waals surface area contributed by atoms with Gasteiger partial charge < -0.3 is 10.2 Å². The van der Waals surface area contributed by atoms with E-state index in [1.165, 1.54) is 0 Å². The van der Waals surface area contributed by atoms with E-state index in [-0.39, 0.29) is 18.0 Å². The molecule has 0 radical (unpaired) electrons. The highest BCUT2D eigenvalue weighted by Gasteiger charge is 2.31. The van der Waals surface area contributed by atoms with Crippen LogP contribution in [0.2, 0.25) is 15.1 Å². The molecule has 4 rings (SSSR count). The number of anilines is 1. The first-order valence-electron chi connectivity index (χ1n) is 10.6. The Morgan fingerprint density at radius 1 is 1.06 bits per heavy atom. The van der Waals surface area contributed by atoms with Crippen LogP contribution in [0.3, 0.4) is 0 Å². The minimum atomic E-state index is 0.0586. The van der Waals surface area contributed by atoms with E-state index in [0.717, 1.165) is 36.2 Å². The molecule has 1 aromatic heterocycles. The highest BCUT2D eigenvalue weighted by atomic mass is 35.5. The molecular weight excluding hydrogens is 465 g/mol. The molecule has 2 heterocycles. The Hall–Kier alpha value is -2.27. The standard InChI is InChI=1S/C25H24Cl3N3O/c26-19-6-4-18(5-7-19)24-15-21(30-25(32)10-3-17-2-1-12-29-16-17)11-13-31(24)23-9-8-20(27)14-22(23)28/h1-2,4-9,12,14,16,21,24H,3,10-11,13,15H2,(H,30,32). The van der Waals surface area contributed by atoms with Gasteiger partial charge in [-0.15, -0.1) is 0 Å². The number of hydrogen-bond donors (Lipinski definition) is 1. The third kappa shape index (κ3) is 5.74. The van der Waals surface area contributed by atoms with E-state index >= 15 is 0 Å². The summed E-state index contributed by atoms with van der Waals surface area (Å²) < 4.78 is 0. The summed E-state index contributed by atoms with van der Waals surface area (Å²) in [6.45, 7) is 0.766. The van der Waals surface area contributed by atoms with Gasteiger partial charge in [-0.05, 0) is 66.8 Å². The third-order valence-electron chi connectivity index (χ3n) is 5.81. The number of amides is 1. The lowest BCUT2D eigenvalue weighted by atomic mass is 9.91. The number of nitrogens with one attached hydrogen (secondary N) is 1. The molecular formula is C25H24Cl3N3O. The Labute approximate surface area is 203 Å². The van der Waals surface area contributed by atoms with Gasteiger partial charge in [-0.1, -0.05) is 53.0 Å². The maximum Gasteiger partial charge on any atom is 0.220 e. The lowest BCUT2D eigenvalue weighted by Gasteiger charge is -2.42. The van der Waals surface area contributed by atoms with E-state index in [2.05, 4.69) is 15.2 Å². The van der Waals surface area contributed by atoms with E-state index in [1.807, 2.05) is 48.5 Å². The number of halogens is 3. The van der Waals surface area contributed by atoms with Crippen molar-refractivity contribution < 1.29 is 4.79 Å². The molecule has 7 heteroatoms. The van der Waals surface area contributed by atoms with E-state index in [0.29, 0.717) is 27.9 Å². The Balaban J connectivity index is 1.48. The van der Waals surface area contributed by atoms with Crippen LogP contribution in [0.4, 0.5) is 5.69 Å². The van der Waals surface area contributed by atoms with Gasteiger partial charge in [-0.25, -0.2) is 0 Å². The molecule has 4 nitrogen and oxygen atoms in total. The van der Waals surface area contributed by atoms with Gasteiger partial charge in [0.05, 0.1) is 16.8 Å². The minimum absolute atomic E-state index is 0.0586. The van der Waals surface area contributed by atoms with Gasteiger partial charge in [-0.3, -0.25) is 9.78 Å². The predicted octanol–water partition coefficient (Wildman–Crippen LogP) is 6.50. The van der Waals surface area contributed by atoms with E-state index < -0.39 is 0 Å². The van der Waals surface area contributed by atoms with Crippen molar-refractivity contribution in [2.24, 2.45) is 0 Å². The molecule has 2 unspecified atom stereocenters. The normalized spacial score (nSPS) is 18.4. The number of hydrogen-bond acceptors (Lipinski definition) is 3. The van der Waals surface area contributed by atoms with Crippen molar-refractivity contribution in [1.82, 2.24) is 10.3 Å². The van der Waals surface area contributed by atoms with Crippen molar-refractivity contribution in [1.29, 1.82) is 0 Å². The van der Waals surface area contributed by atoms with Gasteiger partial charge in [0.15, 0.2) is 0 Å². The number of pyridine rings is 1. The first-order valence-corrected chi connectivity index (χ1v) is 11.8. The van der Waals surface area contributed by atoms with Gasteiger partial charge in [-0.2, -0.15) is 0 Å². The molecule has 1 aliphatic rings. The lowest BCUT2D eigenvalue weighted by molar-refractivity contribution is -0.121. The number of aromatic nitrogens is 1. The summed E-state index contributed by atoms with van der Waals surface area (Å²) >= 11 is 18.8. The largest absolute Gasteiger partial charge is 0.363 e. The summed E-state index contributed by atoms with van der Waals surface area (Å²) in [6, 6.07) is 17.5.